The first-order chi connectivity index (χ1) is 8.72. The quantitative estimate of drug-likeness (QED) is 0.786. The van der Waals surface area contributed by atoms with Crippen molar-refractivity contribution in [1.82, 2.24) is 10.3 Å². The number of methoxy groups -OCH3 is 1. The molecule has 1 fully saturated rings. The van der Waals surface area contributed by atoms with Crippen LogP contribution in [0.4, 0.5) is 0 Å². The van der Waals surface area contributed by atoms with Gasteiger partial charge >= 0.3 is 0 Å². The van der Waals surface area contributed by atoms with Crippen LogP contribution in [0.2, 0.25) is 0 Å². The molecule has 1 heterocycles. The first-order valence-electron chi connectivity index (χ1n) is 6.92. The fraction of sp³-hybridized carbons (Fsp3) is 0.667. The average molecular weight is 248 g/mol. The van der Waals surface area contributed by atoms with E-state index in [0.29, 0.717) is 0 Å². The highest BCUT2D eigenvalue weighted by Crippen LogP contribution is 2.28. The molecule has 0 aliphatic heterocycles. The lowest BCUT2D eigenvalue weighted by atomic mass is 9.83. The Balaban J connectivity index is 1.84. The number of aryl methyl sites for hydroxylation is 1. The van der Waals surface area contributed by atoms with Crippen LogP contribution in [0.25, 0.3) is 0 Å². The zero-order chi connectivity index (χ0) is 13.0. The van der Waals surface area contributed by atoms with Gasteiger partial charge in [0.1, 0.15) is 5.75 Å². The third-order valence-corrected chi connectivity index (χ3v) is 4.00. The van der Waals surface area contributed by atoms with Crippen LogP contribution < -0.4 is 10.1 Å². The lowest BCUT2D eigenvalue weighted by molar-refractivity contribution is 0.292. The van der Waals surface area contributed by atoms with E-state index in [-0.39, 0.29) is 0 Å². The number of nitrogens with one attached hydrogen (secondary N) is 1. The largest absolute Gasteiger partial charge is 0.496 e. The summed E-state index contributed by atoms with van der Waals surface area (Å²) in [6, 6.07) is 0. The molecule has 3 heteroatoms. The van der Waals surface area contributed by atoms with Gasteiger partial charge in [-0.15, -0.1) is 0 Å². The molecule has 0 radical (unpaired) electrons. The summed E-state index contributed by atoms with van der Waals surface area (Å²) in [4.78, 5) is 4.49. The van der Waals surface area contributed by atoms with Crippen molar-refractivity contribution < 1.29 is 4.74 Å². The van der Waals surface area contributed by atoms with Crippen molar-refractivity contribution in [2.24, 2.45) is 5.92 Å². The molecule has 0 unspecified atom stereocenters. The molecular formula is C15H24N2O. The van der Waals surface area contributed by atoms with Crippen LogP contribution in [0.15, 0.2) is 6.20 Å². The van der Waals surface area contributed by atoms with Gasteiger partial charge in [0.05, 0.1) is 12.8 Å². The fourth-order valence-corrected chi connectivity index (χ4v) is 2.54. The molecular weight excluding hydrogens is 224 g/mol. The van der Waals surface area contributed by atoms with Gasteiger partial charge in [0, 0.05) is 23.9 Å². The van der Waals surface area contributed by atoms with E-state index in [1.165, 1.54) is 25.7 Å². The summed E-state index contributed by atoms with van der Waals surface area (Å²) >= 11 is 0. The molecule has 0 saturated heterocycles. The SMILES string of the molecule is COc1c(C)cnc(CNCCC2CCC2)c1C. The second-order valence-corrected chi connectivity index (χ2v) is 5.31. The first-order valence-corrected chi connectivity index (χ1v) is 6.92. The van der Waals surface area contributed by atoms with Crippen molar-refractivity contribution in [2.75, 3.05) is 13.7 Å². The minimum atomic E-state index is 0.842. The highest BCUT2D eigenvalue weighted by Gasteiger charge is 2.16. The van der Waals surface area contributed by atoms with Gasteiger partial charge in [-0.3, -0.25) is 4.98 Å². The van der Waals surface area contributed by atoms with Gasteiger partial charge in [-0.1, -0.05) is 19.3 Å². The topological polar surface area (TPSA) is 34.1 Å². The molecule has 0 spiro atoms. The van der Waals surface area contributed by atoms with Crippen molar-refractivity contribution in [1.29, 1.82) is 0 Å². The smallest absolute Gasteiger partial charge is 0.128 e. The number of aromatic nitrogens is 1. The maximum Gasteiger partial charge on any atom is 0.128 e. The average Bonchev–Trinajstić information content (AvgIpc) is 2.30. The van der Waals surface area contributed by atoms with Crippen molar-refractivity contribution in [3.63, 3.8) is 0 Å². The summed E-state index contributed by atoms with van der Waals surface area (Å²) in [7, 11) is 1.73. The monoisotopic (exact) mass is 248 g/mol. The van der Waals surface area contributed by atoms with Gasteiger partial charge in [0.25, 0.3) is 0 Å². The van der Waals surface area contributed by atoms with E-state index in [2.05, 4.69) is 17.2 Å². The lowest BCUT2D eigenvalue weighted by Gasteiger charge is -2.25. The molecule has 1 aliphatic rings. The number of ether oxygens (including phenoxy) is 1. The minimum absolute atomic E-state index is 0.842. The number of rotatable bonds is 6. The highest BCUT2D eigenvalue weighted by atomic mass is 16.5. The number of hydrogen-bond acceptors (Lipinski definition) is 3. The van der Waals surface area contributed by atoms with Crippen LogP contribution in [0.3, 0.4) is 0 Å². The van der Waals surface area contributed by atoms with E-state index in [4.69, 9.17) is 4.74 Å². The van der Waals surface area contributed by atoms with Gasteiger partial charge in [-0.25, -0.2) is 0 Å². The first kappa shape index (κ1) is 13.3. The zero-order valence-electron chi connectivity index (χ0n) is 11.8. The normalized spacial score (nSPS) is 15.5. The summed E-state index contributed by atoms with van der Waals surface area (Å²) in [5.41, 5.74) is 3.37. The molecule has 3 nitrogen and oxygen atoms in total. The summed E-state index contributed by atoms with van der Waals surface area (Å²) in [6.45, 7) is 6.06. The van der Waals surface area contributed by atoms with Crippen LogP contribution >= 0.6 is 0 Å². The zero-order valence-corrected chi connectivity index (χ0v) is 11.8. The minimum Gasteiger partial charge on any atom is -0.496 e. The van der Waals surface area contributed by atoms with Gasteiger partial charge in [0.15, 0.2) is 0 Å². The highest BCUT2D eigenvalue weighted by molar-refractivity contribution is 5.40. The van der Waals surface area contributed by atoms with E-state index in [1.807, 2.05) is 13.1 Å². The molecule has 1 aromatic rings. The van der Waals surface area contributed by atoms with Crippen LogP contribution in [0.1, 0.15) is 42.5 Å². The molecule has 1 N–H and O–H groups in total. The van der Waals surface area contributed by atoms with Crippen LogP contribution in [0.5, 0.6) is 5.75 Å². The summed E-state index contributed by atoms with van der Waals surface area (Å²) in [6.07, 6.45) is 7.49. The molecule has 2 rings (SSSR count). The van der Waals surface area contributed by atoms with Crippen molar-refractivity contribution >= 4 is 0 Å². The number of hydrogen-bond donors (Lipinski definition) is 1. The summed E-state index contributed by atoms with van der Waals surface area (Å²) < 4.78 is 5.42. The third kappa shape index (κ3) is 3.02. The Bertz CT molecular complexity index is 400. The molecule has 0 amide bonds. The Morgan fingerprint density at radius 3 is 2.78 bits per heavy atom. The van der Waals surface area contributed by atoms with Gasteiger partial charge in [0.2, 0.25) is 0 Å². The predicted octanol–water partition coefficient (Wildman–Crippen LogP) is 2.99. The van der Waals surface area contributed by atoms with Gasteiger partial charge < -0.3 is 10.1 Å². The maximum atomic E-state index is 5.42. The van der Waals surface area contributed by atoms with Crippen molar-refractivity contribution in [2.45, 2.75) is 46.1 Å². The standard InChI is InChI=1S/C15H24N2O/c1-11-9-17-14(12(2)15(11)18-3)10-16-8-7-13-5-4-6-13/h9,13,16H,4-8,10H2,1-3H3. The fourth-order valence-electron chi connectivity index (χ4n) is 2.54. The Labute approximate surface area is 110 Å². The molecule has 0 bridgehead atoms. The molecule has 1 aliphatic carbocycles. The maximum absolute atomic E-state index is 5.42. The summed E-state index contributed by atoms with van der Waals surface area (Å²) in [5.74, 6) is 1.94. The molecule has 1 saturated carbocycles. The number of pyridine rings is 1. The second kappa shape index (κ2) is 6.19. The van der Waals surface area contributed by atoms with Crippen molar-refractivity contribution in [3.8, 4) is 5.75 Å². The van der Waals surface area contributed by atoms with Crippen molar-refractivity contribution in [3.05, 3.63) is 23.0 Å². The molecule has 1 aromatic heterocycles. The molecule has 0 aromatic carbocycles. The van der Waals surface area contributed by atoms with E-state index < -0.39 is 0 Å². The summed E-state index contributed by atoms with van der Waals surface area (Å²) in [5, 5.41) is 3.49. The lowest BCUT2D eigenvalue weighted by Crippen LogP contribution is -2.22. The Morgan fingerprint density at radius 2 is 2.17 bits per heavy atom. The van der Waals surface area contributed by atoms with Crippen LogP contribution in [-0.2, 0) is 6.54 Å². The predicted molar refractivity (Wildman–Crippen MR) is 73.9 cm³/mol. The number of nitrogens with zero attached hydrogens (tertiary/aromatic N) is 1. The second-order valence-electron chi connectivity index (χ2n) is 5.31. The van der Waals surface area contributed by atoms with E-state index in [9.17, 15) is 0 Å². The van der Waals surface area contributed by atoms with Gasteiger partial charge in [-0.2, -0.15) is 0 Å². The molecule has 100 valence electrons. The third-order valence-electron chi connectivity index (χ3n) is 4.00. The Morgan fingerprint density at radius 1 is 1.39 bits per heavy atom. The van der Waals surface area contributed by atoms with E-state index >= 15 is 0 Å². The molecule has 18 heavy (non-hydrogen) atoms. The van der Waals surface area contributed by atoms with E-state index in [0.717, 1.165) is 41.6 Å². The molecule has 0 atom stereocenters. The van der Waals surface area contributed by atoms with E-state index in [1.54, 1.807) is 7.11 Å². The van der Waals surface area contributed by atoms with Crippen LogP contribution in [-0.4, -0.2) is 18.6 Å². The Hall–Kier alpha value is -1.09. The Kier molecular flexibility index (Phi) is 4.59. The van der Waals surface area contributed by atoms with Gasteiger partial charge in [-0.05, 0) is 32.7 Å². The van der Waals surface area contributed by atoms with Crippen LogP contribution in [0, 0.1) is 19.8 Å².